The lowest BCUT2D eigenvalue weighted by atomic mass is 10.1. The first kappa shape index (κ1) is 23.0. The third-order valence-electron chi connectivity index (χ3n) is 5.28. The predicted octanol–water partition coefficient (Wildman–Crippen LogP) is 4.92. The van der Waals surface area contributed by atoms with Gasteiger partial charge in [0.05, 0.1) is 7.11 Å². The molecule has 3 aromatic rings. The number of imidazole rings is 1. The molecule has 0 spiro atoms. The zero-order valence-corrected chi connectivity index (χ0v) is 19.1. The molecule has 0 saturated carbocycles. The summed E-state index contributed by atoms with van der Waals surface area (Å²) in [6.07, 6.45) is 6.26. The maximum atomic E-state index is 11.9. The van der Waals surface area contributed by atoms with E-state index in [2.05, 4.69) is 15.4 Å². The van der Waals surface area contributed by atoms with Gasteiger partial charge in [0.25, 0.3) is 5.91 Å². The highest BCUT2D eigenvalue weighted by Crippen LogP contribution is 2.28. The third kappa shape index (κ3) is 6.44. The molecule has 0 bridgehead atoms. The predicted molar refractivity (Wildman–Crippen MR) is 127 cm³/mol. The highest BCUT2D eigenvalue weighted by atomic mass is 35.5. The standard InChI is InChI=1S/C25H26ClN3O4/c1-31-20-12-10-19(11-13-20)24-25(26)28-21(27-24)16-18-7-5-17(6-8-18)9-14-22(30)29-33-23-4-2-3-15-32-23/h5-14,23H,2-4,15-16H2,1H3,(H,27,28)(H,29,30). The van der Waals surface area contributed by atoms with Crippen LogP contribution in [-0.2, 0) is 20.8 Å². The number of ether oxygens (including phenoxy) is 2. The number of amides is 1. The Morgan fingerprint density at radius 1 is 1.21 bits per heavy atom. The second kappa shape index (κ2) is 11.1. The van der Waals surface area contributed by atoms with Crippen LogP contribution in [0.25, 0.3) is 17.3 Å². The monoisotopic (exact) mass is 467 g/mol. The Morgan fingerprint density at radius 2 is 2.00 bits per heavy atom. The van der Waals surface area contributed by atoms with Crippen LogP contribution in [0.1, 0.15) is 36.2 Å². The van der Waals surface area contributed by atoms with Gasteiger partial charge >= 0.3 is 0 Å². The first-order valence-electron chi connectivity index (χ1n) is 10.8. The molecule has 33 heavy (non-hydrogen) atoms. The number of hydrogen-bond donors (Lipinski definition) is 2. The van der Waals surface area contributed by atoms with Crippen LogP contribution in [0.5, 0.6) is 5.75 Å². The summed E-state index contributed by atoms with van der Waals surface area (Å²) in [7, 11) is 1.63. The fourth-order valence-electron chi connectivity index (χ4n) is 3.50. The molecule has 4 rings (SSSR count). The summed E-state index contributed by atoms with van der Waals surface area (Å²) in [6.45, 7) is 0.662. The lowest BCUT2D eigenvalue weighted by molar-refractivity contribution is -0.198. The molecule has 1 aliphatic rings. The number of halogens is 1. The largest absolute Gasteiger partial charge is 0.497 e. The molecule has 1 amide bonds. The lowest BCUT2D eigenvalue weighted by Crippen LogP contribution is -2.32. The van der Waals surface area contributed by atoms with Gasteiger partial charge in [0.1, 0.15) is 22.4 Å². The Labute approximate surface area is 197 Å². The van der Waals surface area contributed by atoms with Crippen molar-refractivity contribution in [3.63, 3.8) is 0 Å². The normalized spacial score (nSPS) is 16.1. The lowest BCUT2D eigenvalue weighted by Gasteiger charge is -2.21. The first-order chi connectivity index (χ1) is 16.1. The summed E-state index contributed by atoms with van der Waals surface area (Å²) < 4.78 is 10.6. The molecule has 0 radical (unpaired) electrons. The van der Waals surface area contributed by atoms with Crippen LogP contribution < -0.4 is 10.2 Å². The van der Waals surface area contributed by atoms with Crippen LogP contribution >= 0.6 is 11.6 Å². The zero-order valence-electron chi connectivity index (χ0n) is 18.3. The van der Waals surface area contributed by atoms with Crippen LogP contribution in [0.2, 0.25) is 5.15 Å². The summed E-state index contributed by atoms with van der Waals surface area (Å²) in [5, 5.41) is 0.501. The van der Waals surface area contributed by atoms with E-state index >= 15 is 0 Å². The Kier molecular flexibility index (Phi) is 7.78. The van der Waals surface area contributed by atoms with Gasteiger partial charge in [-0.1, -0.05) is 35.9 Å². The average Bonchev–Trinajstić information content (AvgIpc) is 3.22. The summed E-state index contributed by atoms with van der Waals surface area (Å²) in [6, 6.07) is 15.5. The van der Waals surface area contributed by atoms with Gasteiger partial charge in [-0.3, -0.25) is 4.79 Å². The van der Waals surface area contributed by atoms with E-state index in [1.807, 2.05) is 48.5 Å². The van der Waals surface area contributed by atoms with E-state index in [1.165, 1.54) is 6.08 Å². The third-order valence-corrected chi connectivity index (χ3v) is 5.55. The van der Waals surface area contributed by atoms with Crippen molar-refractivity contribution in [1.29, 1.82) is 0 Å². The van der Waals surface area contributed by atoms with Crippen molar-refractivity contribution in [2.45, 2.75) is 32.0 Å². The van der Waals surface area contributed by atoms with Gasteiger partial charge in [0.2, 0.25) is 0 Å². The molecule has 172 valence electrons. The molecule has 2 heterocycles. The molecule has 1 aliphatic heterocycles. The number of rotatable bonds is 8. The van der Waals surface area contributed by atoms with E-state index < -0.39 is 0 Å². The Hall–Kier alpha value is -3.13. The quantitative estimate of drug-likeness (QED) is 0.363. The van der Waals surface area contributed by atoms with E-state index in [0.29, 0.717) is 23.9 Å². The molecule has 7 nitrogen and oxygen atoms in total. The molecule has 2 aromatic carbocycles. The molecule has 1 aromatic heterocycles. The van der Waals surface area contributed by atoms with Crippen LogP contribution in [-0.4, -0.2) is 35.9 Å². The van der Waals surface area contributed by atoms with Crippen LogP contribution in [0, 0.1) is 0 Å². The SMILES string of the molecule is COc1ccc(-c2nc(Cc3ccc(C=CC(=O)NOC4CCCCO4)cc3)[nH]c2Cl)cc1. The van der Waals surface area contributed by atoms with Crippen molar-refractivity contribution >= 4 is 23.6 Å². The molecule has 2 N–H and O–H groups in total. The number of carbonyl (C=O) groups excluding carboxylic acids is 1. The highest BCUT2D eigenvalue weighted by molar-refractivity contribution is 6.31. The first-order valence-corrected chi connectivity index (χ1v) is 11.2. The minimum Gasteiger partial charge on any atom is -0.497 e. The van der Waals surface area contributed by atoms with Crippen molar-refractivity contribution in [3.05, 3.63) is 76.7 Å². The number of carbonyl (C=O) groups is 1. The molecule has 1 unspecified atom stereocenters. The maximum absolute atomic E-state index is 11.9. The van der Waals surface area contributed by atoms with Gasteiger partial charge < -0.3 is 14.5 Å². The van der Waals surface area contributed by atoms with Crippen LogP contribution in [0.15, 0.2) is 54.6 Å². The molecule has 1 saturated heterocycles. The summed E-state index contributed by atoms with van der Waals surface area (Å²) in [5.74, 6) is 1.23. The summed E-state index contributed by atoms with van der Waals surface area (Å²) >= 11 is 6.38. The van der Waals surface area contributed by atoms with Crippen molar-refractivity contribution in [1.82, 2.24) is 15.4 Å². The van der Waals surface area contributed by atoms with E-state index in [0.717, 1.165) is 47.5 Å². The minimum absolute atomic E-state index is 0.329. The summed E-state index contributed by atoms with van der Waals surface area (Å²) in [4.78, 5) is 25.0. The topological polar surface area (TPSA) is 85.5 Å². The number of hydroxylamine groups is 1. The molecule has 8 heteroatoms. The number of nitrogens with zero attached hydrogens (tertiary/aromatic N) is 1. The average molecular weight is 468 g/mol. The number of aromatic nitrogens is 2. The van der Waals surface area contributed by atoms with Crippen LogP contribution in [0.4, 0.5) is 0 Å². The number of aromatic amines is 1. The number of nitrogens with one attached hydrogen (secondary N) is 2. The van der Waals surface area contributed by atoms with Gasteiger partial charge in [0, 0.05) is 31.1 Å². The number of hydrogen-bond acceptors (Lipinski definition) is 5. The number of H-pyrrole nitrogens is 1. The highest BCUT2D eigenvalue weighted by Gasteiger charge is 2.15. The molecular formula is C25H26ClN3O4. The van der Waals surface area contributed by atoms with E-state index in [9.17, 15) is 4.79 Å². The van der Waals surface area contributed by atoms with E-state index in [4.69, 9.17) is 25.9 Å². The Balaban J connectivity index is 1.32. The Bertz CT molecular complexity index is 1090. The molecular weight excluding hydrogens is 442 g/mol. The van der Waals surface area contributed by atoms with Crippen molar-refractivity contribution in [2.75, 3.05) is 13.7 Å². The molecule has 0 aliphatic carbocycles. The van der Waals surface area contributed by atoms with Crippen molar-refractivity contribution in [3.8, 4) is 17.0 Å². The Morgan fingerprint density at radius 3 is 2.70 bits per heavy atom. The second-order valence-electron chi connectivity index (χ2n) is 7.71. The van der Waals surface area contributed by atoms with Gasteiger partial charge in [-0.05, 0) is 54.3 Å². The van der Waals surface area contributed by atoms with E-state index in [1.54, 1.807) is 13.2 Å². The smallest absolute Gasteiger partial charge is 0.267 e. The number of methoxy groups -OCH3 is 1. The van der Waals surface area contributed by atoms with Gasteiger partial charge in [0.15, 0.2) is 6.29 Å². The fourth-order valence-corrected chi connectivity index (χ4v) is 3.76. The summed E-state index contributed by atoms with van der Waals surface area (Å²) in [5.41, 5.74) is 6.01. The molecule has 1 fully saturated rings. The minimum atomic E-state index is -0.365. The van der Waals surface area contributed by atoms with Crippen molar-refractivity contribution < 1.29 is 19.1 Å². The van der Waals surface area contributed by atoms with Gasteiger partial charge in [-0.25, -0.2) is 15.3 Å². The molecule has 1 atom stereocenters. The van der Waals surface area contributed by atoms with Crippen LogP contribution in [0.3, 0.4) is 0 Å². The van der Waals surface area contributed by atoms with E-state index in [-0.39, 0.29) is 12.2 Å². The zero-order chi connectivity index (χ0) is 23.0. The number of benzene rings is 2. The fraction of sp³-hybridized carbons (Fsp3) is 0.280. The van der Waals surface area contributed by atoms with Gasteiger partial charge in [-0.2, -0.15) is 0 Å². The van der Waals surface area contributed by atoms with Crippen molar-refractivity contribution in [2.24, 2.45) is 0 Å². The van der Waals surface area contributed by atoms with Gasteiger partial charge in [-0.15, -0.1) is 0 Å². The maximum Gasteiger partial charge on any atom is 0.267 e. The second-order valence-corrected chi connectivity index (χ2v) is 8.08.